The van der Waals surface area contributed by atoms with Crippen LogP contribution in [0, 0.1) is 5.92 Å². The lowest BCUT2D eigenvalue weighted by molar-refractivity contribution is -0.0499. The van der Waals surface area contributed by atoms with Crippen LogP contribution in [0.15, 0.2) is 24.3 Å². The fourth-order valence-corrected chi connectivity index (χ4v) is 3.03. The quantitative estimate of drug-likeness (QED) is 0.874. The molecule has 1 fully saturated rings. The predicted molar refractivity (Wildman–Crippen MR) is 79.5 cm³/mol. The Morgan fingerprint density at radius 1 is 1.33 bits per heavy atom. The number of benzene rings is 1. The van der Waals surface area contributed by atoms with Crippen molar-refractivity contribution in [2.45, 2.75) is 38.8 Å². The summed E-state index contributed by atoms with van der Waals surface area (Å²) in [6.45, 7) is 2.16. The lowest BCUT2D eigenvalue weighted by atomic mass is 9.92. The van der Waals surface area contributed by atoms with E-state index in [4.69, 9.17) is 5.73 Å². The maximum absolute atomic E-state index is 12.3. The first-order valence-corrected chi connectivity index (χ1v) is 7.59. The first-order chi connectivity index (χ1) is 10.1. The Balaban J connectivity index is 1.95. The number of nitrogens with two attached hydrogens (primary N) is 1. The Labute approximate surface area is 125 Å². The summed E-state index contributed by atoms with van der Waals surface area (Å²) in [6.07, 6.45) is 3.42. The lowest BCUT2D eigenvalue weighted by Gasteiger charge is -2.36. The first-order valence-electron chi connectivity index (χ1n) is 7.59. The smallest absolute Gasteiger partial charge is 0.387 e. The van der Waals surface area contributed by atoms with E-state index in [0.29, 0.717) is 0 Å². The van der Waals surface area contributed by atoms with Gasteiger partial charge in [-0.15, -0.1) is 0 Å². The summed E-state index contributed by atoms with van der Waals surface area (Å²) in [7, 11) is 0. The van der Waals surface area contributed by atoms with Crippen molar-refractivity contribution < 1.29 is 13.5 Å². The number of rotatable bonds is 6. The van der Waals surface area contributed by atoms with Gasteiger partial charge in [0.05, 0.1) is 0 Å². The number of halogens is 2. The zero-order valence-electron chi connectivity index (χ0n) is 12.5. The van der Waals surface area contributed by atoms with Crippen LogP contribution in [-0.2, 0) is 0 Å². The highest BCUT2D eigenvalue weighted by Gasteiger charge is 2.23. The molecule has 1 aliphatic rings. The summed E-state index contributed by atoms with van der Waals surface area (Å²) in [4.78, 5) is 2.40. The molecule has 0 aliphatic carbocycles. The summed E-state index contributed by atoms with van der Waals surface area (Å²) in [5.41, 5.74) is 6.63. The second-order valence-corrected chi connectivity index (χ2v) is 5.68. The molecule has 2 rings (SSSR count). The van der Waals surface area contributed by atoms with Gasteiger partial charge in [-0.05, 0) is 69.4 Å². The van der Waals surface area contributed by atoms with Crippen molar-refractivity contribution in [3.63, 3.8) is 0 Å². The van der Waals surface area contributed by atoms with E-state index in [1.165, 1.54) is 0 Å². The Kier molecular flexibility index (Phi) is 5.94. The molecule has 0 saturated carbocycles. The van der Waals surface area contributed by atoms with E-state index in [9.17, 15) is 8.78 Å². The van der Waals surface area contributed by atoms with E-state index in [1.807, 2.05) is 6.07 Å². The third-order valence-corrected chi connectivity index (χ3v) is 4.34. The van der Waals surface area contributed by atoms with Crippen LogP contribution in [-0.4, -0.2) is 31.1 Å². The number of ether oxygens (including phenoxy) is 1. The number of nitrogens with zero attached hydrogens (tertiary/aromatic N) is 1. The molecular formula is C16H24F2N2O. The molecule has 3 nitrogen and oxygen atoms in total. The molecule has 0 amide bonds. The van der Waals surface area contributed by atoms with Gasteiger partial charge in [0.2, 0.25) is 0 Å². The maximum Gasteiger partial charge on any atom is 0.387 e. The zero-order valence-corrected chi connectivity index (χ0v) is 12.5. The fourth-order valence-electron chi connectivity index (χ4n) is 3.03. The van der Waals surface area contributed by atoms with Gasteiger partial charge in [-0.3, -0.25) is 4.90 Å². The lowest BCUT2D eigenvalue weighted by Crippen LogP contribution is -2.36. The SMILES string of the molecule is CC(c1cccc(OC(F)F)c1)N1CCC(CCN)CC1. The Morgan fingerprint density at radius 2 is 2.05 bits per heavy atom. The average molecular weight is 298 g/mol. The molecule has 1 atom stereocenters. The summed E-state index contributed by atoms with van der Waals surface area (Å²) < 4.78 is 29.0. The summed E-state index contributed by atoms with van der Waals surface area (Å²) >= 11 is 0. The monoisotopic (exact) mass is 298 g/mol. The van der Waals surface area contributed by atoms with Crippen LogP contribution >= 0.6 is 0 Å². The molecule has 1 aliphatic heterocycles. The topological polar surface area (TPSA) is 38.5 Å². The molecule has 0 radical (unpaired) electrons. The molecule has 0 bridgehead atoms. The number of piperidine rings is 1. The van der Waals surface area contributed by atoms with E-state index < -0.39 is 6.61 Å². The molecule has 1 saturated heterocycles. The Hall–Kier alpha value is -1.20. The van der Waals surface area contributed by atoms with Crippen molar-refractivity contribution >= 4 is 0 Å². The number of likely N-dealkylation sites (tertiary alicyclic amines) is 1. The van der Waals surface area contributed by atoms with Gasteiger partial charge in [0.25, 0.3) is 0 Å². The van der Waals surface area contributed by atoms with Crippen molar-refractivity contribution in [1.82, 2.24) is 4.90 Å². The maximum atomic E-state index is 12.3. The number of hydrogen-bond donors (Lipinski definition) is 1. The van der Waals surface area contributed by atoms with Gasteiger partial charge in [-0.25, -0.2) is 0 Å². The van der Waals surface area contributed by atoms with Crippen molar-refractivity contribution in [1.29, 1.82) is 0 Å². The van der Waals surface area contributed by atoms with Crippen molar-refractivity contribution in [3.8, 4) is 5.75 Å². The van der Waals surface area contributed by atoms with Crippen LogP contribution in [0.2, 0.25) is 0 Å². The van der Waals surface area contributed by atoms with Gasteiger partial charge in [0.1, 0.15) is 5.75 Å². The molecule has 0 spiro atoms. The van der Waals surface area contributed by atoms with E-state index in [1.54, 1.807) is 18.2 Å². The van der Waals surface area contributed by atoms with Crippen LogP contribution in [0.25, 0.3) is 0 Å². The first kappa shape index (κ1) is 16.2. The van der Waals surface area contributed by atoms with Crippen LogP contribution < -0.4 is 10.5 Å². The molecular weight excluding hydrogens is 274 g/mol. The minimum atomic E-state index is -2.78. The van der Waals surface area contributed by atoms with Gasteiger partial charge in [-0.2, -0.15) is 8.78 Å². The minimum absolute atomic E-state index is 0.213. The van der Waals surface area contributed by atoms with Crippen LogP contribution in [0.1, 0.15) is 37.8 Å². The predicted octanol–water partition coefficient (Wildman–Crippen LogP) is 3.41. The molecule has 21 heavy (non-hydrogen) atoms. The highest BCUT2D eigenvalue weighted by atomic mass is 19.3. The largest absolute Gasteiger partial charge is 0.435 e. The van der Waals surface area contributed by atoms with E-state index in [2.05, 4.69) is 16.6 Å². The van der Waals surface area contributed by atoms with E-state index in [0.717, 1.165) is 50.4 Å². The number of alkyl halides is 2. The molecule has 0 aromatic heterocycles. The molecule has 2 N–H and O–H groups in total. The summed E-state index contributed by atoms with van der Waals surface area (Å²) in [5, 5.41) is 0. The van der Waals surface area contributed by atoms with Gasteiger partial charge in [0, 0.05) is 6.04 Å². The molecule has 1 heterocycles. The van der Waals surface area contributed by atoms with Crippen molar-refractivity contribution in [2.24, 2.45) is 11.7 Å². The van der Waals surface area contributed by atoms with E-state index in [-0.39, 0.29) is 11.8 Å². The van der Waals surface area contributed by atoms with Crippen LogP contribution in [0.4, 0.5) is 8.78 Å². The van der Waals surface area contributed by atoms with Crippen LogP contribution in [0.3, 0.4) is 0 Å². The Bertz CT molecular complexity index is 434. The molecule has 118 valence electrons. The average Bonchev–Trinajstić information content (AvgIpc) is 2.47. The molecule has 1 aromatic rings. The zero-order chi connectivity index (χ0) is 15.2. The fraction of sp³-hybridized carbons (Fsp3) is 0.625. The van der Waals surface area contributed by atoms with Crippen molar-refractivity contribution in [2.75, 3.05) is 19.6 Å². The number of hydrogen-bond acceptors (Lipinski definition) is 3. The summed E-state index contributed by atoms with van der Waals surface area (Å²) in [5.74, 6) is 0.958. The highest BCUT2D eigenvalue weighted by Crippen LogP contribution is 2.29. The van der Waals surface area contributed by atoms with Gasteiger partial charge in [0.15, 0.2) is 0 Å². The highest BCUT2D eigenvalue weighted by molar-refractivity contribution is 5.30. The second kappa shape index (κ2) is 7.71. The molecule has 1 unspecified atom stereocenters. The second-order valence-electron chi connectivity index (χ2n) is 5.68. The molecule has 5 heteroatoms. The van der Waals surface area contributed by atoms with Gasteiger partial charge >= 0.3 is 6.61 Å². The Morgan fingerprint density at radius 3 is 2.67 bits per heavy atom. The van der Waals surface area contributed by atoms with E-state index >= 15 is 0 Å². The van der Waals surface area contributed by atoms with Gasteiger partial charge in [-0.1, -0.05) is 12.1 Å². The third kappa shape index (κ3) is 4.64. The van der Waals surface area contributed by atoms with Crippen LogP contribution in [0.5, 0.6) is 5.75 Å². The van der Waals surface area contributed by atoms with Crippen molar-refractivity contribution in [3.05, 3.63) is 29.8 Å². The normalized spacial score (nSPS) is 18.9. The van der Waals surface area contributed by atoms with Gasteiger partial charge < -0.3 is 10.5 Å². The summed E-state index contributed by atoms with van der Waals surface area (Å²) in [6, 6.07) is 7.23. The minimum Gasteiger partial charge on any atom is -0.435 e. The third-order valence-electron chi connectivity index (χ3n) is 4.34. The standard InChI is InChI=1S/C16H24F2N2O/c1-12(20-9-6-13(5-8-19)7-10-20)14-3-2-4-15(11-14)21-16(17)18/h2-4,11-13,16H,5-10,19H2,1H3. The molecule has 1 aromatic carbocycles.